The Morgan fingerprint density at radius 2 is 2.09 bits per heavy atom. The number of hydrogen-bond acceptors (Lipinski definition) is 3. The molecule has 0 bridgehead atoms. The van der Waals surface area contributed by atoms with Gasteiger partial charge in [-0.2, -0.15) is 23.4 Å². The third-order valence-electron chi connectivity index (χ3n) is 3.14. The van der Waals surface area contributed by atoms with Gasteiger partial charge in [0.15, 0.2) is 5.69 Å². The summed E-state index contributed by atoms with van der Waals surface area (Å²) in [5.41, 5.74) is -0.347. The Hall–Kier alpha value is -1.84. The van der Waals surface area contributed by atoms with Crippen LogP contribution in [0.5, 0.6) is 0 Å². The summed E-state index contributed by atoms with van der Waals surface area (Å²) in [6, 6.07) is 0.739. The molecule has 0 fully saturated rings. The van der Waals surface area contributed by atoms with Crippen molar-refractivity contribution >= 4 is 21.8 Å². The summed E-state index contributed by atoms with van der Waals surface area (Å²) in [5.74, 6) is -0.590. The largest absolute Gasteiger partial charge is 0.435 e. The summed E-state index contributed by atoms with van der Waals surface area (Å²) < 4.78 is 41.2. The van der Waals surface area contributed by atoms with E-state index in [0.717, 1.165) is 20.9 Å². The van der Waals surface area contributed by atoms with Crippen LogP contribution in [-0.4, -0.2) is 32.0 Å². The molecule has 23 heavy (non-hydrogen) atoms. The van der Waals surface area contributed by atoms with Crippen molar-refractivity contribution in [3.8, 4) is 0 Å². The summed E-state index contributed by atoms with van der Waals surface area (Å²) in [6.07, 6.45) is -2.14. The first-order valence-electron chi connectivity index (χ1n) is 6.77. The maximum Gasteiger partial charge on any atom is 0.435 e. The Bertz CT molecular complexity index is 688. The van der Waals surface area contributed by atoms with Crippen LogP contribution in [0.15, 0.2) is 16.7 Å². The molecule has 0 unspecified atom stereocenters. The summed E-state index contributed by atoms with van der Waals surface area (Å²) in [4.78, 5) is 11.9. The van der Waals surface area contributed by atoms with Gasteiger partial charge in [0.1, 0.15) is 5.69 Å². The van der Waals surface area contributed by atoms with E-state index in [0.29, 0.717) is 19.5 Å². The molecular weight excluding hydrogens is 379 g/mol. The Morgan fingerprint density at radius 3 is 2.61 bits per heavy atom. The number of alkyl halides is 3. The average molecular weight is 394 g/mol. The number of nitrogens with zero attached hydrogens (tertiary/aromatic N) is 4. The van der Waals surface area contributed by atoms with E-state index in [-0.39, 0.29) is 5.69 Å². The minimum atomic E-state index is -4.57. The van der Waals surface area contributed by atoms with Gasteiger partial charge in [-0.1, -0.05) is 0 Å². The van der Waals surface area contributed by atoms with Crippen molar-refractivity contribution in [1.29, 1.82) is 0 Å². The third-order valence-corrected chi connectivity index (χ3v) is 3.92. The minimum absolute atomic E-state index is 0.130. The molecule has 1 amide bonds. The lowest BCUT2D eigenvalue weighted by molar-refractivity contribution is -0.141. The molecule has 0 saturated heterocycles. The highest BCUT2D eigenvalue weighted by molar-refractivity contribution is 9.10. The second-order valence-corrected chi connectivity index (χ2v) is 5.83. The highest BCUT2D eigenvalue weighted by atomic mass is 79.9. The van der Waals surface area contributed by atoms with Crippen molar-refractivity contribution in [2.45, 2.75) is 26.1 Å². The van der Waals surface area contributed by atoms with Crippen LogP contribution in [-0.2, 0) is 19.8 Å². The molecule has 10 heteroatoms. The number of halogens is 4. The van der Waals surface area contributed by atoms with Gasteiger partial charge >= 0.3 is 6.18 Å². The Balaban J connectivity index is 1.86. The SMILES string of the molecule is Cc1nn(CCCNC(=O)c2cc(C(F)(F)F)nn2C)cc1Br. The van der Waals surface area contributed by atoms with Crippen LogP contribution in [0.4, 0.5) is 13.2 Å². The van der Waals surface area contributed by atoms with Crippen LogP contribution in [0.1, 0.15) is 28.3 Å². The maximum absolute atomic E-state index is 12.6. The zero-order valence-corrected chi connectivity index (χ0v) is 14.1. The first-order chi connectivity index (χ1) is 10.7. The molecule has 0 aliphatic heterocycles. The van der Waals surface area contributed by atoms with E-state index >= 15 is 0 Å². The van der Waals surface area contributed by atoms with E-state index in [1.54, 1.807) is 4.68 Å². The number of nitrogens with one attached hydrogen (secondary N) is 1. The number of aromatic nitrogens is 4. The predicted octanol–water partition coefficient (Wildman–Crippen LogP) is 2.53. The molecule has 0 aliphatic carbocycles. The van der Waals surface area contributed by atoms with Crippen molar-refractivity contribution < 1.29 is 18.0 Å². The first kappa shape index (κ1) is 17.5. The van der Waals surface area contributed by atoms with E-state index < -0.39 is 17.8 Å². The van der Waals surface area contributed by atoms with E-state index in [1.807, 2.05) is 13.1 Å². The highest BCUT2D eigenvalue weighted by Gasteiger charge is 2.35. The summed E-state index contributed by atoms with van der Waals surface area (Å²) in [7, 11) is 1.30. The van der Waals surface area contributed by atoms with Gasteiger partial charge in [-0.05, 0) is 29.3 Å². The first-order valence-corrected chi connectivity index (χ1v) is 7.57. The molecule has 0 spiro atoms. The van der Waals surface area contributed by atoms with Gasteiger partial charge in [-0.25, -0.2) is 0 Å². The van der Waals surface area contributed by atoms with Crippen LogP contribution in [0.3, 0.4) is 0 Å². The van der Waals surface area contributed by atoms with Gasteiger partial charge in [-0.3, -0.25) is 14.2 Å². The summed E-state index contributed by atoms with van der Waals surface area (Å²) in [6.45, 7) is 2.77. The zero-order valence-electron chi connectivity index (χ0n) is 12.5. The quantitative estimate of drug-likeness (QED) is 0.793. The van der Waals surface area contributed by atoms with Crippen LogP contribution in [0, 0.1) is 6.92 Å². The third kappa shape index (κ3) is 4.34. The molecule has 0 aliphatic rings. The Morgan fingerprint density at radius 1 is 1.39 bits per heavy atom. The fourth-order valence-corrected chi connectivity index (χ4v) is 2.28. The fourth-order valence-electron chi connectivity index (χ4n) is 1.96. The molecular formula is C13H15BrF3N5O. The summed E-state index contributed by atoms with van der Waals surface area (Å²) >= 11 is 3.35. The molecule has 6 nitrogen and oxygen atoms in total. The topological polar surface area (TPSA) is 64.7 Å². The number of hydrogen-bond donors (Lipinski definition) is 1. The molecule has 2 aromatic heterocycles. The minimum Gasteiger partial charge on any atom is -0.351 e. The Labute approximate surface area is 138 Å². The molecule has 0 atom stereocenters. The lowest BCUT2D eigenvalue weighted by atomic mass is 10.3. The maximum atomic E-state index is 12.6. The lowest BCUT2D eigenvalue weighted by Gasteiger charge is -2.05. The molecule has 2 heterocycles. The van der Waals surface area contributed by atoms with Gasteiger partial charge in [0.25, 0.3) is 5.91 Å². The smallest absolute Gasteiger partial charge is 0.351 e. The average Bonchev–Trinajstić information content (AvgIpc) is 2.98. The summed E-state index contributed by atoms with van der Waals surface area (Å²) in [5, 5.41) is 10.1. The second-order valence-electron chi connectivity index (χ2n) is 4.97. The van der Waals surface area contributed by atoms with Gasteiger partial charge in [0.05, 0.1) is 10.2 Å². The monoisotopic (exact) mass is 393 g/mol. The van der Waals surface area contributed by atoms with Crippen LogP contribution >= 0.6 is 15.9 Å². The van der Waals surface area contributed by atoms with Crippen molar-refractivity contribution in [3.05, 3.63) is 33.8 Å². The van der Waals surface area contributed by atoms with Crippen molar-refractivity contribution in [3.63, 3.8) is 0 Å². The fraction of sp³-hybridized carbons (Fsp3) is 0.462. The van der Waals surface area contributed by atoms with Crippen LogP contribution in [0.25, 0.3) is 0 Å². The molecule has 126 valence electrons. The van der Waals surface area contributed by atoms with E-state index in [9.17, 15) is 18.0 Å². The van der Waals surface area contributed by atoms with Gasteiger partial charge < -0.3 is 5.32 Å². The normalized spacial score (nSPS) is 11.7. The van der Waals surface area contributed by atoms with Gasteiger partial charge in [0, 0.05) is 32.4 Å². The number of carbonyl (C=O) groups excluding carboxylic acids is 1. The molecule has 0 aromatic carbocycles. The highest BCUT2D eigenvalue weighted by Crippen LogP contribution is 2.28. The predicted molar refractivity (Wildman–Crippen MR) is 79.8 cm³/mol. The Kier molecular flexibility index (Phi) is 5.12. The zero-order chi connectivity index (χ0) is 17.2. The molecule has 1 N–H and O–H groups in total. The lowest BCUT2D eigenvalue weighted by Crippen LogP contribution is -2.27. The van der Waals surface area contributed by atoms with Gasteiger partial charge in [0.2, 0.25) is 0 Å². The molecule has 2 aromatic rings. The molecule has 0 saturated carbocycles. The van der Waals surface area contributed by atoms with Crippen LogP contribution < -0.4 is 5.32 Å². The van der Waals surface area contributed by atoms with Crippen molar-refractivity contribution in [2.75, 3.05) is 6.54 Å². The van der Waals surface area contributed by atoms with Crippen molar-refractivity contribution in [1.82, 2.24) is 24.9 Å². The second kappa shape index (κ2) is 6.73. The van der Waals surface area contributed by atoms with E-state index in [4.69, 9.17) is 0 Å². The van der Waals surface area contributed by atoms with Crippen LogP contribution in [0.2, 0.25) is 0 Å². The van der Waals surface area contributed by atoms with Gasteiger partial charge in [-0.15, -0.1) is 0 Å². The number of rotatable bonds is 5. The van der Waals surface area contributed by atoms with Crippen molar-refractivity contribution in [2.24, 2.45) is 7.05 Å². The van der Waals surface area contributed by atoms with E-state index in [2.05, 4.69) is 31.4 Å². The number of carbonyl (C=O) groups is 1. The number of aryl methyl sites for hydroxylation is 3. The van der Waals surface area contributed by atoms with E-state index in [1.165, 1.54) is 7.05 Å². The number of amides is 1. The standard InChI is InChI=1S/C13H15BrF3N5O/c1-8-9(14)7-22(19-8)5-3-4-18-12(23)10-6-11(13(15,16)17)20-21(10)2/h6-7H,3-5H2,1-2H3,(H,18,23). The molecule has 0 radical (unpaired) electrons. The molecule has 2 rings (SSSR count).